The highest BCUT2D eigenvalue weighted by atomic mass is 16.3. The van der Waals surface area contributed by atoms with Crippen LogP contribution in [0.4, 0.5) is 0 Å². The molecule has 10 atom stereocenters. The van der Waals surface area contributed by atoms with Crippen LogP contribution in [0.3, 0.4) is 0 Å². The van der Waals surface area contributed by atoms with Gasteiger partial charge in [-0.1, -0.05) is 55.4 Å². The van der Waals surface area contributed by atoms with Gasteiger partial charge in [0.15, 0.2) is 5.78 Å². The average Bonchev–Trinajstić information content (AvgIpc) is 2.72. The van der Waals surface area contributed by atoms with E-state index in [2.05, 4.69) is 55.4 Å². The lowest BCUT2D eigenvalue weighted by Crippen LogP contribution is -2.68. The second-order valence-corrected chi connectivity index (χ2v) is 15.4. The van der Waals surface area contributed by atoms with Crippen molar-refractivity contribution < 1.29 is 9.90 Å². The van der Waals surface area contributed by atoms with Gasteiger partial charge in [-0.15, -0.1) is 0 Å². The van der Waals surface area contributed by atoms with Gasteiger partial charge in [0.25, 0.3) is 0 Å². The topological polar surface area (TPSA) is 37.3 Å². The Bertz CT molecular complexity index is 816. The van der Waals surface area contributed by atoms with Crippen LogP contribution in [0.25, 0.3) is 0 Å². The molecule has 0 bridgehead atoms. The Labute approximate surface area is 197 Å². The maximum absolute atomic E-state index is 12.8. The summed E-state index contributed by atoms with van der Waals surface area (Å²) < 4.78 is 0. The van der Waals surface area contributed by atoms with E-state index in [4.69, 9.17) is 0 Å². The van der Waals surface area contributed by atoms with Crippen LogP contribution in [0.1, 0.15) is 120 Å². The normalized spacial score (nSPS) is 59.4. The Morgan fingerprint density at radius 1 is 0.719 bits per heavy atom. The average molecular weight is 443 g/mol. The minimum atomic E-state index is -0.742. The highest BCUT2D eigenvalue weighted by Crippen LogP contribution is 2.78. The van der Waals surface area contributed by atoms with Gasteiger partial charge in [-0.05, 0) is 114 Å². The van der Waals surface area contributed by atoms with Crippen molar-refractivity contribution in [1.82, 2.24) is 0 Å². The van der Waals surface area contributed by atoms with E-state index < -0.39 is 6.10 Å². The first-order valence-electron chi connectivity index (χ1n) is 13.8. The number of aliphatic hydroxyl groups excluding tert-OH is 1. The second-order valence-electron chi connectivity index (χ2n) is 15.4. The standard InChI is InChI=1S/C30H50O2/c1-19-24(32)20(31)17-22-27(19,5)10-9-21-28(22,6)14-16-30(8)23-18-25(2,3)11-12-26(23,4)13-15-29(21,30)7/h19-23,31H,9-18H2,1-8H3/t19-,20-,21+,22+,23-,26+,27+,28-,29+,30-/m0/s1. The van der Waals surface area contributed by atoms with Gasteiger partial charge in [-0.2, -0.15) is 0 Å². The summed E-state index contributed by atoms with van der Waals surface area (Å²) in [5, 5.41) is 10.7. The molecule has 5 saturated carbocycles. The second kappa shape index (κ2) is 6.64. The molecule has 0 heterocycles. The lowest BCUT2D eigenvalue weighted by molar-refractivity contribution is -0.259. The molecule has 0 amide bonds. The van der Waals surface area contributed by atoms with Gasteiger partial charge in [0.1, 0.15) is 6.10 Å². The van der Waals surface area contributed by atoms with E-state index in [9.17, 15) is 9.90 Å². The number of Topliss-reactive ketones (excluding diaryl/α,β-unsaturated/α-hetero) is 1. The molecule has 1 N–H and O–H groups in total. The molecule has 2 nitrogen and oxygen atoms in total. The Balaban J connectivity index is 1.55. The molecule has 32 heavy (non-hydrogen) atoms. The third kappa shape index (κ3) is 2.71. The summed E-state index contributed by atoms with van der Waals surface area (Å²) in [7, 11) is 0. The first-order valence-corrected chi connectivity index (χ1v) is 13.8. The van der Waals surface area contributed by atoms with Crippen molar-refractivity contribution in [1.29, 1.82) is 0 Å². The number of carbonyl (C=O) groups is 1. The number of rotatable bonds is 0. The number of aliphatic hydroxyl groups is 1. The summed E-state index contributed by atoms with van der Waals surface area (Å²) in [6.45, 7) is 20.1. The van der Waals surface area contributed by atoms with E-state index in [1.54, 1.807) is 0 Å². The predicted molar refractivity (Wildman–Crippen MR) is 131 cm³/mol. The summed E-state index contributed by atoms with van der Waals surface area (Å²) in [6, 6.07) is 0. The summed E-state index contributed by atoms with van der Waals surface area (Å²) in [6.07, 6.45) is 12.0. The zero-order valence-electron chi connectivity index (χ0n) is 22.3. The number of fused-ring (bicyclic) bond motifs is 7. The van der Waals surface area contributed by atoms with E-state index in [0.29, 0.717) is 39.9 Å². The Hall–Kier alpha value is -0.370. The molecule has 5 aliphatic carbocycles. The van der Waals surface area contributed by atoms with Gasteiger partial charge in [-0.3, -0.25) is 4.79 Å². The summed E-state index contributed by atoms with van der Waals surface area (Å²) >= 11 is 0. The maximum atomic E-state index is 12.8. The molecule has 182 valence electrons. The maximum Gasteiger partial charge on any atom is 0.164 e. The molecule has 0 unspecified atom stereocenters. The van der Waals surface area contributed by atoms with Gasteiger partial charge in [0.05, 0.1) is 0 Å². The molecule has 0 aromatic heterocycles. The van der Waals surface area contributed by atoms with Crippen molar-refractivity contribution in [2.24, 2.45) is 56.2 Å². The van der Waals surface area contributed by atoms with E-state index in [1.165, 1.54) is 51.4 Å². The zero-order valence-corrected chi connectivity index (χ0v) is 22.3. The third-order valence-electron chi connectivity index (χ3n) is 13.8. The third-order valence-corrected chi connectivity index (χ3v) is 13.8. The van der Waals surface area contributed by atoms with Crippen LogP contribution in [0, 0.1) is 56.2 Å². The molecule has 0 aromatic carbocycles. The van der Waals surface area contributed by atoms with Gasteiger partial charge in [0, 0.05) is 5.92 Å². The summed E-state index contributed by atoms with van der Waals surface area (Å²) in [5.41, 5.74) is 2.07. The molecule has 0 radical (unpaired) electrons. The van der Waals surface area contributed by atoms with Gasteiger partial charge in [0.2, 0.25) is 0 Å². The van der Waals surface area contributed by atoms with E-state index in [0.717, 1.165) is 12.3 Å². The molecule has 0 saturated heterocycles. The van der Waals surface area contributed by atoms with Crippen molar-refractivity contribution >= 4 is 5.78 Å². The lowest BCUT2D eigenvalue weighted by atomic mass is 9.30. The number of ketones is 1. The Morgan fingerprint density at radius 3 is 2.00 bits per heavy atom. The van der Waals surface area contributed by atoms with Crippen LogP contribution in [0.2, 0.25) is 0 Å². The lowest BCUT2D eigenvalue weighted by Gasteiger charge is -2.75. The quantitative estimate of drug-likeness (QED) is 0.423. The van der Waals surface area contributed by atoms with Crippen LogP contribution in [-0.2, 0) is 4.79 Å². The summed E-state index contributed by atoms with van der Waals surface area (Å²) in [4.78, 5) is 12.8. The minimum Gasteiger partial charge on any atom is -0.385 e. The first-order chi connectivity index (χ1) is 14.6. The molecule has 0 spiro atoms. The van der Waals surface area contributed by atoms with Gasteiger partial charge in [-0.25, -0.2) is 0 Å². The van der Waals surface area contributed by atoms with Crippen molar-refractivity contribution in [3.63, 3.8) is 0 Å². The Kier molecular flexibility index (Phi) is 4.85. The van der Waals surface area contributed by atoms with Crippen LogP contribution in [0.15, 0.2) is 0 Å². The minimum absolute atomic E-state index is 0.0102. The molecular weight excluding hydrogens is 392 g/mol. The molecule has 5 aliphatic rings. The van der Waals surface area contributed by atoms with Crippen molar-refractivity contribution in [2.75, 3.05) is 0 Å². The van der Waals surface area contributed by atoms with Crippen molar-refractivity contribution in [3.05, 3.63) is 0 Å². The van der Waals surface area contributed by atoms with Crippen LogP contribution >= 0.6 is 0 Å². The first kappa shape index (κ1) is 23.4. The van der Waals surface area contributed by atoms with Crippen LogP contribution in [0.5, 0.6) is 0 Å². The number of hydrogen-bond donors (Lipinski definition) is 1. The van der Waals surface area contributed by atoms with E-state index >= 15 is 0 Å². The molecule has 5 fully saturated rings. The number of carbonyl (C=O) groups excluding carboxylic acids is 1. The SMILES string of the molecule is C[C@H]1C(=O)[C@@H](O)C[C@@H]2[C@]1(C)CC[C@@H]1[C@]2(C)CC[C@@]2(C)[C@H]3CC(C)(C)CC[C@]3(C)CC[C@]12C. The molecule has 0 aromatic rings. The van der Waals surface area contributed by atoms with Crippen LogP contribution < -0.4 is 0 Å². The van der Waals surface area contributed by atoms with E-state index in [1.807, 2.05) is 0 Å². The highest BCUT2D eigenvalue weighted by Gasteiger charge is 2.71. The smallest absolute Gasteiger partial charge is 0.164 e. The summed E-state index contributed by atoms with van der Waals surface area (Å²) in [5.74, 6) is 2.11. The van der Waals surface area contributed by atoms with Crippen molar-refractivity contribution in [3.8, 4) is 0 Å². The molecule has 0 aliphatic heterocycles. The fourth-order valence-corrected chi connectivity index (χ4v) is 11.1. The van der Waals surface area contributed by atoms with Gasteiger partial charge < -0.3 is 5.11 Å². The molecular formula is C30H50O2. The largest absolute Gasteiger partial charge is 0.385 e. The van der Waals surface area contributed by atoms with E-state index in [-0.39, 0.29) is 22.5 Å². The van der Waals surface area contributed by atoms with Crippen molar-refractivity contribution in [2.45, 2.75) is 126 Å². The zero-order chi connectivity index (χ0) is 23.5. The highest BCUT2D eigenvalue weighted by molar-refractivity contribution is 5.86. The number of hydrogen-bond acceptors (Lipinski definition) is 2. The fourth-order valence-electron chi connectivity index (χ4n) is 11.1. The van der Waals surface area contributed by atoms with Gasteiger partial charge >= 0.3 is 0 Å². The predicted octanol–water partition coefficient (Wildman–Crippen LogP) is 7.43. The monoisotopic (exact) mass is 442 g/mol. The molecule has 2 heteroatoms. The van der Waals surface area contributed by atoms with Crippen LogP contribution in [-0.4, -0.2) is 17.0 Å². The molecule has 5 rings (SSSR count). The fraction of sp³-hybridized carbons (Fsp3) is 0.967. The Morgan fingerprint density at radius 2 is 1.31 bits per heavy atom.